The molecule has 1 aliphatic heterocycles. The second-order valence-corrected chi connectivity index (χ2v) is 8.98. The number of rotatable bonds is 6. The molecule has 0 saturated carbocycles. The van der Waals surface area contributed by atoms with Gasteiger partial charge in [-0.2, -0.15) is 5.10 Å². The van der Waals surface area contributed by atoms with Crippen molar-refractivity contribution in [3.63, 3.8) is 0 Å². The molecule has 5 rings (SSSR count). The highest BCUT2D eigenvalue weighted by Gasteiger charge is 2.22. The number of benzene rings is 2. The average molecular weight is 457 g/mol. The molecular formula is C26H24N4O2S. The Bertz CT molecular complexity index is 1260. The minimum atomic E-state index is -0.234. The van der Waals surface area contributed by atoms with Crippen LogP contribution in [0.2, 0.25) is 0 Å². The van der Waals surface area contributed by atoms with Crippen molar-refractivity contribution in [1.82, 2.24) is 20.0 Å². The number of para-hydroxylation sites is 1. The van der Waals surface area contributed by atoms with Crippen molar-refractivity contribution in [3.8, 4) is 16.9 Å². The zero-order chi connectivity index (χ0) is 22.6. The Labute approximate surface area is 196 Å². The molecule has 0 unspecified atom stereocenters. The lowest BCUT2D eigenvalue weighted by Crippen LogP contribution is -2.37. The van der Waals surface area contributed by atoms with Crippen LogP contribution in [0.4, 0.5) is 0 Å². The van der Waals surface area contributed by atoms with Crippen LogP contribution in [0.1, 0.15) is 27.2 Å². The van der Waals surface area contributed by atoms with E-state index < -0.39 is 0 Å². The zero-order valence-corrected chi connectivity index (χ0v) is 18.9. The number of hydrogen-bond acceptors (Lipinski definition) is 4. The Morgan fingerprint density at radius 2 is 1.76 bits per heavy atom. The van der Waals surface area contributed by atoms with Crippen molar-refractivity contribution in [2.75, 3.05) is 13.1 Å². The van der Waals surface area contributed by atoms with Gasteiger partial charge in [0.2, 0.25) is 5.91 Å². The van der Waals surface area contributed by atoms with E-state index in [1.54, 1.807) is 22.2 Å². The van der Waals surface area contributed by atoms with Gasteiger partial charge in [0.25, 0.3) is 5.91 Å². The van der Waals surface area contributed by atoms with Gasteiger partial charge in [0.1, 0.15) is 5.69 Å². The zero-order valence-electron chi connectivity index (χ0n) is 18.1. The summed E-state index contributed by atoms with van der Waals surface area (Å²) in [6, 6.07) is 21.5. The molecule has 2 amide bonds. The van der Waals surface area contributed by atoms with Crippen molar-refractivity contribution < 1.29 is 9.59 Å². The molecule has 0 saturated heterocycles. The molecule has 7 heteroatoms. The van der Waals surface area contributed by atoms with Crippen molar-refractivity contribution in [3.05, 3.63) is 94.3 Å². The van der Waals surface area contributed by atoms with E-state index in [0.29, 0.717) is 17.8 Å². The maximum atomic E-state index is 13.1. The van der Waals surface area contributed by atoms with Gasteiger partial charge >= 0.3 is 0 Å². The number of nitrogens with one attached hydrogen (secondary N) is 1. The molecular weight excluding hydrogens is 432 g/mol. The number of amides is 2. The minimum Gasteiger partial charge on any atom is -0.351 e. The second kappa shape index (κ2) is 9.42. The number of carbonyl (C=O) groups is 2. The van der Waals surface area contributed by atoms with Crippen LogP contribution >= 0.6 is 11.3 Å². The van der Waals surface area contributed by atoms with Gasteiger partial charge in [0.05, 0.1) is 11.3 Å². The summed E-state index contributed by atoms with van der Waals surface area (Å²) in [6.45, 7) is 1.69. The molecule has 3 heterocycles. The smallest absolute Gasteiger partial charge is 0.255 e. The van der Waals surface area contributed by atoms with Crippen LogP contribution < -0.4 is 5.32 Å². The molecule has 33 heavy (non-hydrogen) atoms. The molecule has 0 bridgehead atoms. The fraction of sp³-hybridized carbons (Fsp3) is 0.192. The molecule has 1 aliphatic rings. The summed E-state index contributed by atoms with van der Waals surface area (Å²) in [5.41, 5.74) is 4.09. The van der Waals surface area contributed by atoms with E-state index in [-0.39, 0.29) is 24.8 Å². The van der Waals surface area contributed by atoms with E-state index in [1.807, 2.05) is 65.6 Å². The molecule has 0 aliphatic carbocycles. The van der Waals surface area contributed by atoms with E-state index in [0.717, 1.165) is 24.2 Å². The number of nitrogens with zero attached hydrogens (tertiary/aromatic N) is 3. The van der Waals surface area contributed by atoms with Gasteiger partial charge in [-0.15, -0.1) is 11.3 Å². The first-order valence-electron chi connectivity index (χ1n) is 11.0. The van der Waals surface area contributed by atoms with Gasteiger partial charge in [-0.25, -0.2) is 4.68 Å². The van der Waals surface area contributed by atoms with E-state index in [2.05, 4.69) is 21.9 Å². The molecule has 1 N–H and O–H groups in total. The summed E-state index contributed by atoms with van der Waals surface area (Å²) in [5.74, 6) is -0.169. The maximum absolute atomic E-state index is 13.1. The monoisotopic (exact) mass is 456 g/mol. The van der Waals surface area contributed by atoms with Crippen LogP contribution in [0.25, 0.3) is 16.9 Å². The van der Waals surface area contributed by atoms with Gasteiger partial charge < -0.3 is 10.2 Å². The predicted molar refractivity (Wildman–Crippen MR) is 129 cm³/mol. The first kappa shape index (κ1) is 21.2. The Kier molecular flexibility index (Phi) is 6.04. The Hall–Kier alpha value is -3.71. The van der Waals surface area contributed by atoms with Crippen LogP contribution in [-0.4, -0.2) is 39.6 Å². The largest absolute Gasteiger partial charge is 0.351 e. The van der Waals surface area contributed by atoms with Crippen molar-refractivity contribution in [1.29, 1.82) is 0 Å². The Balaban J connectivity index is 1.28. The van der Waals surface area contributed by atoms with E-state index in [1.165, 1.54) is 10.4 Å². The van der Waals surface area contributed by atoms with Gasteiger partial charge in [0, 0.05) is 42.7 Å². The summed E-state index contributed by atoms with van der Waals surface area (Å²) < 4.78 is 1.72. The normalized spacial score (nSPS) is 12.9. The Morgan fingerprint density at radius 1 is 1.00 bits per heavy atom. The third-order valence-corrected chi connectivity index (χ3v) is 6.83. The SMILES string of the molecule is O=C(NCCC(=O)N1CCc2sccc2C1)c1cn(-c2ccccc2)nc1-c1ccccc1. The van der Waals surface area contributed by atoms with Crippen LogP contribution in [0.3, 0.4) is 0 Å². The van der Waals surface area contributed by atoms with Crippen molar-refractivity contribution >= 4 is 23.2 Å². The Morgan fingerprint density at radius 3 is 2.55 bits per heavy atom. The molecule has 0 atom stereocenters. The van der Waals surface area contributed by atoms with Gasteiger partial charge in [-0.05, 0) is 35.6 Å². The fourth-order valence-electron chi connectivity index (χ4n) is 4.06. The van der Waals surface area contributed by atoms with E-state index >= 15 is 0 Å². The average Bonchev–Trinajstić information content (AvgIpc) is 3.52. The van der Waals surface area contributed by atoms with Crippen LogP contribution in [0.5, 0.6) is 0 Å². The lowest BCUT2D eigenvalue weighted by atomic mass is 10.1. The van der Waals surface area contributed by atoms with Gasteiger partial charge in [-0.1, -0.05) is 48.5 Å². The second-order valence-electron chi connectivity index (χ2n) is 7.98. The number of aromatic nitrogens is 2. The number of thiophene rings is 1. The first-order chi connectivity index (χ1) is 16.2. The highest BCUT2D eigenvalue weighted by molar-refractivity contribution is 7.10. The minimum absolute atomic E-state index is 0.0652. The van der Waals surface area contributed by atoms with Crippen molar-refractivity contribution in [2.45, 2.75) is 19.4 Å². The van der Waals surface area contributed by atoms with Gasteiger partial charge in [-0.3, -0.25) is 9.59 Å². The summed E-state index contributed by atoms with van der Waals surface area (Å²) in [6.07, 6.45) is 2.93. The van der Waals surface area contributed by atoms with Crippen LogP contribution in [0.15, 0.2) is 78.3 Å². The summed E-state index contributed by atoms with van der Waals surface area (Å²) in [7, 11) is 0. The summed E-state index contributed by atoms with van der Waals surface area (Å²) >= 11 is 1.76. The lowest BCUT2D eigenvalue weighted by molar-refractivity contribution is -0.131. The molecule has 166 valence electrons. The highest BCUT2D eigenvalue weighted by Crippen LogP contribution is 2.25. The molecule has 0 radical (unpaired) electrons. The van der Waals surface area contributed by atoms with E-state index in [4.69, 9.17) is 0 Å². The van der Waals surface area contributed by atoms with Crippen molar-refractivity contribution in [2.24, 2.45) is 0 Å². The summed E-state index contributed by atoms with van der Waals surface area (Å²) in [4.78, 5) is 29.0. The molecule has 0 spiro atoms. The third kappa shape index (κ3) is 4.59. The van der Waals surface area contributed by atoms with Crippen LogP contribution in [-0.2, 0) is 17.8 Å². The lowest BCUT2D eigenvalue weighted by Gasteiger charge is -2.27. The predicted octanol–water partition coefficient (Wildman–Crippen LogP) is 4.31. The number of carbonyl (C=O) groups excluding carboxylic acids is 2. The molecule has 2 aromatic heterocycles. The molecule has 6 nitrogen and oxygen atoms in total. The molecule has 4 aromatic rings. The highest BCUT2D eigenvalue weighted by atomic mass is 32.1. The topological polar surface area (TPSA) is 67.2 Å². The van der Waals surface area contributed by atoms with E-state index in [9.17, 15) is 9.59 Å². The van der Waals surface area contributed by atoms with Gasteiger partial charge in [0.15, 0.2) is 0 Å². The number of fused-ring (bicyclic) bond motifs is 1. The summed E-state index contributed by atoms with van der Waals surface area (Å²) in [5, 5.41) is 9.69. The first-order valence-corrected chi connectivity index (χ1v) is 11.9. The third-order valence-electron chi connectivity index (χ3n) is 5.81. The van der Waals surface area contributed by atoms with Crippen LogP contribution in [0, 0.1) is 0 Å². The standard InChI is InChI=1S/C26H24N4O2S/c31-24(29-15-12-23-20(17-29)13-16-33-23)11-14-27-26(32)22-18-30(21-9-5-2-6-10-21)28-25(22)19-7-3-1-4-8-19/h1-10,13,16,18H,11-12,14-15,17H2,(H,27,32). The quantitative estimate of drug-likeness (QED) is 0.470. The molecule has 2 aromatic carbocycles. The molecule has 0 fully saturated rings. The maximum Gasteiger partial charge on any atom is 0.255 e. The fourth-order valence-corrected chi connectivity index (χ4v) is 4.95. The number of hydrogen-bond donors (Lipinski definition) is 1.